The van der Waals surface area contributed by atoms with Gasteiger partial charge in [0.15, 0.2) is 0 Å². The quantitative estimate of drug-likeness (QED) is 0.442. The van der Waals surface area contributed by atoms with Gasteiger partial charge in [0.2, 0.25) is 0 Å². The monoisotopic (exact) mass is 146 g/mol. The average molecular weight is 146 g/mol. The Labute approximate surface area is 62.9 Å². The molecule has 0 heterocycles. The number of hydrogen-bond acceptors (Lipinski definition) is 3. The van der Waals surface area contributed by atoms with Gasteiger partial charge < -0.3 is 4.74 Å². The highest BCUT2D eigenvalue weighted by Gasteiger charge is 2.12. The third-order valence-electron chi connectivity index (χ3n) is 1.65. The van der Waals surface area contributed by atoms with Gasteiger partial charge in [-0.15, -0.1) is 0 Å². The van der Waals surface area contributed by atoms with Gasteiger partial charge in [0.1, 0.15) is 0 Å². The smallest absolute Gasteiger partial charge is 0.0713 e. The van der Waals surface area contributed by atoms with Gasteiger partial charge in [-0.05, 0) is 20.3 Å². The summed E-state index contributed by atoms with van der Waals surface area (Å²) in [6, 6.07) is 0.278. The first-order valence-corrected chi connectivity index (χ1v) is 3.83. The van der Waals surface area contributed by atoms with E-state index < -0.39 is 0 Å². The van der Waals surface area contributed by atoms with E-state index >= 15 is 0 Å². The molecule has 0 rings (SSSR count). The van der Waals surface area contributed by atoms with E-state index in [1.165, 1.54) is 0 Å². The van der Waals surface area contributed by atoms with Crippen molar-refractivity contribution in [3.8, 4) is 0 Å². The van der Waals surface area contributed by atoms with Crippen molar-refractivity contribution in [2.75, 3.05) is 6.61 Å². The zero-order valence-electron chi connectivity index (χ0n) is 7.05. The number of hydrazine groups is 1. The van der Waals surface area contributed by atoms with Crippen LogP contribution < -0.4 is 11.3 Å². The fourth-order valence-electron chi connectivity index (χ4n) is 0.964. The number of rotatable bonds is 5. The van der Waals surface area contributed by atoms with Crippen LogP contribution >= 0.6 is 0 Å². The summed E-state index contributed by atoms with van der Waals surface area (Å²) in [7, 11) is 0. The lowest BCUT2D eigenvalue weighted by atomic mass is 10.1. The lowest BCUT2D eigenvalue weighted by Crippen LogP contribution is -2.43. The third kappa shape index (κ3) is 3.15. The minimum absolute atomic E-state index is 0.208. The molecular formula is C7H18N2O. The fourth-order valence-corrected chi connectivity index (χ4v) is 0.964. The highest BCUT2D eigenvalue weighted by atomic mass is 16.5. The lowest BCUT2D eigenvalue weighted by Gasteiger charge is -2.21. The van der Waals surface area contributed by atoms with Gasteiger partial charge >= 0.3 is 0 Å². The van der Waals surface area contributed by atoms with E-state index in [2.05, 4.69) is 12.3 Å². The van der Waals surface area contributed by atoms with Crippen molar-refractivity contribution in [3.63, 3.8) is 0 Å². The summed E-state index contributed by atoms with van der Waals surface area (Å²) in [6.07, 6.45) is 1.21. The number of hydrogen-bond donors (Lipinski definition) is 2. The van der Waals surface area contributed by atoms with Crippen LogP contribution in [0.1, 0.15) is 27.2 Å². The SMILES string of the molecule is CCOC(C)C(CC)NN. The van der Waals surface area contributed by atoms with Crippen molar-refractivity contribution in [2.24, 2.45) is 5.84 Å². The number of nitrogens with two attached hydrogens (primary N) is 1. The Bertz CT molecular complexity index is 74.0. The van der Waals surface area contributed by atoms with E-state index in [4.69, 9.17) is 10.6 Å². The molecule has 0 bridgehead atoms. The normalized spacial score (nSPS) is 16.8. The van der Waals surface area contributed by atoms with Gasteiger partial charge in [-0.25, -0.2) is 0 Å². The first kappa shape index (κ1) is 9.88. The molecule has 0 aromatic carbocycles. The van der Waals surface area contributed by atoms with Crippen molar-refractivity contribution >= 4 is 0 Å². The maximum atomic E-state index is 5.34. The van der Waals surface area contributed by atoms with Crippen molar-refractivity contribution in [1.82, 2.24) is 5.43 Å². The Morgan fingerprint density at radius 1 is 1.50 bits per heavy atom. The maximum absolute atomic E-state index is 5.34. The molecule has 0 aromatic heterocycles. The summed E-state index contributed by atoms with van der Waals surface area (Å²) in [5.41, 5.74) is 2.71. The molecule has 0 saturated heterocycles. The van der Waals surface area contributed by atoms with E-state index in [1.807, 2.05) is 13.8 Å². The summed E-state index contributed by atoms with van der Waals surface area (Å²) in [5.74, 6) is 5.28. The lowest BCUT2D eigenvalue weighted by molar-refractivity contribution is 0.0466. The van der Waals surface area contributed by atoms with Gasteiger partial charge in [0.05, 0.1) is 6.10 Å². The van der Waals surface area contributed by atoms with Gasteiger partial charge in [0.25, 0.3) is 0 Å². The highest BCUT2D eigenvalue weighted by molar-refractivity contribution is 4.68. The van der Waals surface area contributed by atoms with E-state index in [9.17, 15) is 0 Å². The van der Waals surface area contributed by atoms with Crippen LogP contribution in [0.25, 0.3) is 0 Å². The molecule has 0 aromatic rings. The molecule has 3 nitrogen and oxygen atoms in total. The van der Waals surface area contributed by atoms with Crippen LogP contribution in [0.3, 0.4) is 0 Å². The first-order valence-electron chi connectivity index (χ1n) is 3.83. The Morgan fingerprint density at radius 2 is 2.10 bits per heavy atom. The summed E-state index contributed by atoms with van der Waals surface area (Å²) < 4.78 is 5.34. The summed E-state index contributed by atoms with van der Waals surface area (Å²) in [6.45, 7) is 6.84. The molecule has 10 heavy (non-hydrogen) atoms. The van der Waals surface area contributed by atoms with Crippen LogP contribution in [-0.2, 0) is 4.74 Å². The average Bonchev–Trinajstić information content (AvgIpc) is 1.91. The standard InChI is InChI=1S/C7H18N2O/c1-4-7(9-8)6(3)10-5-2/h6-7,9H,4-5,8H2,1-3H3. The Kier molecular flexibility index (Phi) is 5.58. The minimum Gasteiger partial charge on any atom is -0.377 e. The molecule has 0 radical (unpaired) electrons. The van der Waals surface area contributed by atoms with Crippen molar-refractivity contribution in [3.05, 3.63) is 0 Å². The molecule has 0 fully saturated rings. The summed E-state index contributed by atoms with van der Waals surface area (Å²) >= 11 is 0. The molecule has 3 heteroatoms. The van der Waals surface area contributed by atoms with Crippen molar-refractivity contribution in [1.29, 1.82) is 0 Å². The predicted molar refractivity (Wildman–Crippen MR) is 42.5 cm³/mol. The predicted octanol–water partition coefficient (Wildman–Crippen LogP) is 0.653. The summed E-state index contributed by atoms with van der Waals surface area (Å²) in [5, 5.41) is 0. The van der Waals surface area contributed by atoms with Crippen molar-refractivity contribution in [2.45, 2.75) is 39.3 Å². The van der Waals surface area contributed by atoms with Crippen LogP contribution in [-0.4, -0.2) is 18.8 Å². The topological polar surface area (TPSA) is 47.3 Å². The second-order valence-electron chi connectivity index (χ2n) is 2.34. The van der Waals surface area contributed by atoms with E-state index in [-0.39, 0.29) is 12.1 Å². The largest absolute Gasteiger partial charge is 0.377 e. The van der Waals surface area contributed by atoms with Crippen LogP contribution in [0.15, 0.2) is 0 Å². The molecule has 2 unspecified atom stereocenters. The fraction of sp³-hybridized carbons (Fsp3) is 1.00. The second kappa shape index (κ2) is 5.65. The van der Waals surface area contributed by atoms with E-state index in [0.29, 0.717) is 0 Å². The highest BCUT2D eigenvalue weighted by Crippen LogP contribution is 2.00. The Morgan fingerprint density at radius 3 is 2.40 bits per heavy atom. The zero-order valence-corrected chi connectivity index (χ0v) is 7.05. The van der Waals surface area contributed by atoms with Gasteiger partial charge in [-0.1, -0.05) is 6.92 Å². The molecule has 62 valence electrons. The van der Waals surface area contributed by atoms with Crippen LogP contribution in [0.4, 0.5) is 0 Å². The van der Waals surface area contributed by atoms with Gasteiger partial charge in [-0.3, -0.25) is 11.3 Å². The van der Waals surface area contributed by atoms with E-state index in [1.54, 1.807) is 0 Å². The van der Waals surface area contributed by atoms with Gasteiger partial charge in [0, 0.05) is 12.6 Å². The molecule has 0 saturated carbocycles. The zero-order chi connectivity index (χ0) is 7.98. The molecular weight excluding hydrogens is 128 g/mol. The number of ether oxygens (including phenoxy) is 1. The Hall–Kier alpha value is -0.120. The van der Waals surface area contributed by atoms with Crippen molar-refractivity contribution < 1.29 is 4.74 Å². The first-order chi connectivity index (χ1) is 4.76. The molecule has 3 N–H and O–H groups in total. The summed E-state index contributed by atoms with van der Waals surface area (Å²) in [4.78, 5) is 0. The molecule has 0 spiro atoms. The van der Waals surface area contributed by atoms with E-state index in [0.717, 1.165) is 13.0 Å². The van der Waals surface area contributed by atoms with Crippen LogP contribution in [0, 0.1) is 0 Å². The molecule has 2 atom stereocenters. The Balaban J connectivity index is 3.53. The molecule has 0 aliphatic carbocycles. The third-order valence-corrected chi connectivity index (χ3v) is 1.65. The number of nitrogens with one attached hydrogen (secondary N) is 1. The minimum atomic E-state index is 0.208. The maximum Gasteiger partial charge on any atom is 0.0713 e. The van der Waals surface area contributed by atoms with Crippen LogP contribution in [0.5, 0.6) is 0 Å². The second-order valence-corrected chi connectivity index (χ2v) is 2.34. The molecule has 0 amide bonds. The molecule has 0 aliphatic rings. The molecule has 0 aliphatic heterocycles. The van der Waals surface area contributed by atoms with Gasteiger partial charge in [-0.2, -0.15) is 0 Å². The van der Waals surface area contributed by atoms with Crippen LogP contribution in [0.2, 0.25) is 0 Å².